The molecule has 0 saturated carbocycles. The number of piperidine rings is 1. The molecule has 0 bridgehead atoms. The first-order chi connectivity index (χ1) is 9.69. The van der Waals surface area contributed by atoms with Gasteiger partial charge in [0.15, 0.2) is 6.10 Å². The van der Waals surface area contributed by atoms with Gasteiger partial charge in [0.25, 0.3) is 5.91 Å². The van der Waals surface area contributed by atoms with Crippen molar-refractivity contribution in [2.75, 3.05) is 19.3 Å². The molecule has 4 nitrogen and oxygen atoms in total. The van der Waals surface area contributed by atoms with Crippen molar-refractivity contribution in [2.24, 2.45) is 0 Å². The standard InChI is InChI=1S/C15H22N2O2S/c1-11(15(18)17-12-4-3-9-16-10-12)19-13-5-7-14(20-2)8-6-13/h5-8,11-12,16H,3-4,9-10H2,1-2H3,(H,17,18). The quantitative estimate of drug-likeness (QED) is 0.816. The zero-order valence-electron chi connectivity index (χ0n) is 12.0. The maximum atomic E-state index is 12.1. The third-order valence-electron chi connectivity index (χ3n) is 3.38. The van der Waals surface area contributed by atoms with E-state index >= 15 is 0 Å². The molecule has 0 aromatic heterocycles. The summed E-state index contributed by atoms with van der Waals surface area (Å²) in [4.78, 5) is 13.3. The van der Waals surface area contributed by atoms with Gasteiger partial charge in [-0.2, -0.15) is 0 Å². The normalized spacial score (nSPS) is 20.2. The Balaban J connectivity index is 1.83. The number of carbonyl (C=O) groups excluding carboxylic acids is 1. The van der Waals surface area contributed by atoms with E-state index in [9.17, 15) is 4.79 Å². The molecule has 20 heavy (non-hydrogen) atoms. The maximum Gasteiger partial charge on any atom is 0.261 e. The van der Waals surface area contributed by atoms with Gasteiger partial charge in [-0.15, -0.1) is 11.8 Å². The van der Waals surface area contributed by atoms with Crippen molar-refractivity contribution < 1.29 is 9.53 Å². The lowest BCUT2D eigenvalue weighted by molar-refractivity contribution is -0.128. The molecule has 2 unspecified atom stereocenters. The summed E-state index contributed by atoms with van der Waals surface area (Å²) < 4.78 is 5.68. The van der Waals surface area contributed by atoms with Gasteiger partial charge in [-0.1, -0.05) is 0 Å². The molecule has 0 aliphatic carbocycles. The van der Waals surface area contributed by atoms with E-state index in [1.54, 1.807) is 18.7 Å². The number of carbonyl (C=O) groups is 1. The van der Waals surface area contributed by atoms with Crippen LogP contribution in [0.5, 0.6) is 5.75 Å². The number of thioether (sulfide) groups is 1. The summed E-state index contributed by atoms with van der Waals surface area (Å²) in [6, 6.07) is 8.02. The number of benzene rings is 1. The van der Waals surface area contributed by atoms with E-state index in [0.29, 0.717) is 0 Å². The van der Waals surface area contributed by atoms with Crippen LogP contribution in [0.2, 0.25) is 0 Å². The lowest BCUT2D eigenvalue weighted by atomic mass is 10.1. The maximum absolute atomic E-state index is 12.1. The molecular weight excluding hydrogens is 272 g/mol. The molecule has 1 saturated heterocycles. The minimum atomic E-state index is -0.475. The Kier molecular flexibility index (Phi) is 5.73. The van der Waals surface area contributed by atoms with E-state index in [-0.39, 0.29) is 11.9 Å². The van der Waals surface area contributed by atoms with Gasteiger partial charge in [-0.05, 0) is 56.8 Å². The lowest BCUT2D eigenvalue weighted by Crippen LogP contribution is -2.49. The molecule has 0 spiro atoms. The summed E-state index contributed by atoms with van der Waals surface area (Å²) in [5.41, 5.74) is 0. The number of hydrogen-bond acceptors (Lipinski definition) is 4. The molecule has 2 atom stereocenters. The number of nitrogens with one attached hydrogen (secondary N) is 2. The fourth-order valence-corrected chi connectivity index (χ4v) is 2.61. The highest BCUT2D eigenvalue weighted by Gasteiger charge is 2.20. The number of ether oxygens (including phenoxy) is 1. The first-order valence-corrected chi connectivity index (χ1v) is 8.23. The van der Waals surface area contributed by atoms with Gasteiger partial charge in [-0.3, -0.25) is 4.79 Å². The Morgan fingerprint density at radius 2 is 2.20 bits per heavy atom. The SMILES string of the molecule is CSc1ccc(OC(C)C(=O)NC2CCCNC2)cc1. The van der Waals surface area contributed by atoms with Crippen molar-refractivity contribution in [2.45, 2.75) is 36.8 Å². The molecule has 2 N–H and O–H groups in total. The van der Waals surface area contributed by atoms with Crippen molar-refractivity contribution in [3.05, 3.63) is 24.3 Å². The smallest absolute Gasteiger partial charge is 0.261 e. The second-order valence-electron chi connectivity index (χ2n) is 4.99. The molecule has 1 heterocycles. The Morgan fingerprint density at radius 3 is 2.80 bits per heavy atom. The molecule has 1 aliphatic rings. The van der Waals surface area contributed by atoms with Crippen molar-refractivity contribution in [3.63, 3.8) is 0 Å². The van der Waals surface area contributed by atoms with Crippen LogP contribution in [0.1, 0.15) is 19.8 Å². The molecule has 1 amide bonds. The van der Waals surface area contributed by atoms with E-state index in [2.05, 4.69) is 10.6 Å². The number of rotatable bonds is 5. The number of hydrogen-bond donors (Lipinski definition) is 2. The van der Waals surface area contributed by atoms with Crippen LogP contribution in [0, 0.1) is 0 Å². The average Bonchev–Trinajstić information content (AvgIpc) is 2.49. The first-order valence-electron chi connectivity index (χ1n) is 7.01. The van der Waals surface area contributed by atoms with Crippen LogP contribution in [0.15, 0.2) is 29.2 Å². The molecule has 2 rings (SSSR count). The van der Waals surface area contributed by atoms with Crippen molar-refractivity contribution in [3.8, 4) is 5.75 Å². The minimum absolute atomic E-state index is 0.0485. The second kappa shape index (κ2) is 7.55. The summed E-state index contributed by atoms with van der Waals surface area (Å²) in [5, 5.41) is 6.31. The predicted octanol–water partition coefficient (Wildman–Crippen LogP) is 2.04. The summed E-state index contributed by atoms with van der Waals surface area (Å²) in [6.07, 6.45) is 3.70. The van der Waals surface area contributed by atoms with Crippen molar-refractivity contribution >= 4 is 17.7 Å². The summed E-state index contributed by atoms with van der Waals surface area (Å²) in [5.74, 6) is 0.680. The van der Waals surface area contributed by atoms with Gasteiger partial charge >= 0.3 is 0 Å². The van der Waals surface area contributed by atoms with Gasteiger partial charge in [-0.25, -0.2) is 0 Å². The summed E-state index contributed by atoms with van der Waals surface area (Å²) in [6.45, 7) is 3.68. The fourth-order valence-electron chi connectivity index (χ4n) is 2.21. The monoisotopic (exact) mass is 294 g/mol. The van der Waals surface area contributed by atoms with Crippen LogP contribution < -0.4 is 15.4 Å². The highest BCUT2D eigenvalue weighted by molar-refractivity contribution is 7.98. The fraction of sp³-hybridized carbons (Fsp3) is 0.533. The Bertz CT molecular complexity index is 430. The van der Waals surface area contributed by atoms with E-state index in [1.165, 1.54) is 4.90 Å². The Hall–Kier alpha value is -1.20. The van der Waals surface area contributed by atoms with E-state index in [1.807, 2.05) is 30.5 Å². The zero-order valence-corrected chi connectivity index (χ0v) is 12.8. The predicted molar refractivity (Wildman–Crippen MR) is 82.3 cm³/mol. The number of amides is 1. The molecule has 1 fully saturated rings. The topological polar surface area (TPSA) is 50.4 Å². The van der Waals surface area contributed by atoms with E-state index in [4.69, 9.17) is 4.74 Å². The second-order valence-corrected chi connectivity index (χ2v) is 5.87. The highest BCUT2D eigenvalue weighted by atomic mass is 32.2. The summed E-state index contributed by atoms with van der Waals surface area (Å²) in [7, 11) is 0. The van der Waals surface area contributed by atoms with Crippen LogP contribution in [0.3, 0.4) is 0 Å². The average molecular weight is 294 g/mol. The molecule has 110 valence electrons. The largest absolute Gasteiger partial charge is 0.481 e. The summed E-state index contributed by atoms with van der Waals surface area (Å²) >= 11 is 1.68. The van der Waals surface area contributed by atoms with Gasteiger partial charge in [0.2, 0.25) is 0 Å². The van der Waals surface area contributed by atoms with Crippen LogP contribution in [-0.4, -0.2) is 37.4 Å². The van der Waals surface area contributed by atoms with Crippen LogP contribution in [0.25, 0.3) is 0 Å². The molecular formula is C15H22N2O2S. The van der Waals surface area contributed by atoms with Gasteiger partial charge in [0, 0.05) is 17.5 Å². The third kappa shape index (κ3) is 4.42. The van der Waals surface area contributed by atoms with Crippen molar-refractivity contribution in [1.82, 2.24) is 10.6 Å². The van der Waals surface area contributed by atoms with Crippen LogP contribution >= 0.6 is 11.8 Å². The van der Waals surface area contributed by atoms with E-state index < -0.39 is 6.10 Å². The van der Waals surface area contributed by atoms with Crippen molar-refractivity contribution in [1.29, 1.82) is 0 Å². The molecule has 0 radical (unpaired) electrons. The van der Waals surface area contributed by atoms with E-state index in [0.717, 1.165) is 31.7 Å². The highest BCUT2D eigenvalue weighted by Crippen LogP contribution is 2.19. The molecule has 5 heteroatoms. The lowest BCUT2D eigenvalue weighted by Gasteiger charge is -2.25. The van der Waals surface area contributed by atoms with Crippen LogP contribution in [0.4, 0.5) is 0 Å². The molecule has 1 aromatic rings. The van der Waals surface area contributed by atoms with Gasteiger partial charge in [0.1, 0.15) is 5.75 Å². The third-order valence-corrected chi connectivity index (χ3v) is 4.13. The van der Waals surface area contributed by atoms with Gasteiger partial charge < -0.3 is 15.4 Å². The molecule has 1 aliphatic heterocycles. The van der Waals surface area contributed by atoms with Crippen LogP contribution in [-0.2, 0) is 4.79 Å². The van der Waals surface area contributed by atoms with Gasteiger partial charge in [0.05, 0.1) is 0 Å². The first kappa shape index (κ1) is 15.2. The Morgan fingerprint density at radius 1 is 1.45 bits per heavy atom. The minimum Gasteiger partial charge on any atom is -0.481 e. The molecule has 1 aromatic carbocycles. The Labute approximate surface area is 124 Å². The zero-order chi connectivity index (χ0) is 14.4.